The average Bonchev–Trinajstić information content (AvgIpc) is 2.88. The maximum absolute atomic E-state index is 9.94. The Bertz CT molecular complexity index is 338. The summed E-state index contributed by atoms with van der Waals surface area (Å²) in [5.41, 5.74) is 1.24. The number of isocyanates is 1. The van der Waals surface area contributed by atoms with Crippen LogP contribution in [0.1, 0.15) is 24.3 Å². The number of rotatable bonds is 2. The lowest BCUT2D eigenvalue weighted by atomic mass is 10.2. The maximum atomic E-state index is 9.94. The topological polar surface area (TPSA) is 42.3 Å². The normalized spacial score (nSPS) is 15.3. The van der Waals surface area contributed by atoms with Gasteiger partial charge in [0.05, 0.1) is 0 Å². The van der Waals surface area contributed by atoms with Crippen LogP contribution in [0, 0.1) is 0 Å². The third kappa shape index (κ3) is 1.41. The Morgan fingerprint density at radius 1 is 1.58 bits per heavy atom. The van der Waals surface area contributed by atoms with Gasteiger partial charge in [0.1, 0.15) is 0 Å². The van der Waals surface area contributed by atoms with Gasteiger partial charge in [-0.2, -0.15) is 0 Å². The summed E-state index contributed by atoms with van der Waals surface area (Å²) in [6.45, 7) is 0. The van der Waals surface area contributed by atoms with Crippen LogP contribution in [0.4, 0.5) is 5.82 Å². The van der Waals surface area contributed by atoms with Crippen LogP contribution in [-0.2, 0) is 4.79 Å². The summed E-state index contributed by atoms with van der Waals surface area (Å²) in [7, 11) is 0. The Balaban J connectivity index is 2.32. The van der Waals surface area contributed by atoms with E-state index >= 15 is 0 Å². The summed E-state index contributed by atoms with van der Waals surface area (Å²) in [6, 6.07) is 3.82. The minimum absolute atomic E-state index is 0.467. The average molecular weight is 160 g/mol. The molecule has 3 heteroatoms. The summed E-state index contributed by atoms with van der Waals surface area (Å²) in [5.74, 6) is 1.14. The molecule has 12 heavy (non-hydrogen) atoms. The van der Waals surface area contributed by atoms with Gasteiger partial charge < -0.3 is 0 Å². The Labute approximate surface area is 70.2 Å². The molecule has 0 amide bonds. The molecule has 60 valence electrons. The number of carbonyl (C=O) groups excluding carboxylic acids is 1. The lowest BCUT2D eigenvalue weighted by Crippen LogP contribution is -1.80. The first kappa shape index (κ1) is 7.19. The largest absolute Gasteiger partial charge is 0.242 e. The molecule has 0 aliphatic heterocycles. The van der Waals surface area contributed by atoms with Crippen LogP contribution >= 0.6 is 0 Å². The van der Waals surface area contributed by atoms with Gasteiger partial charge in [-0.05, 0) is 36.5 Å². The first-order valence-electron chi connectivity index (χ1n) is 3.94. The number of hydrogen-bond donors (Lipinski definition) is 0. The number of aliphatic imine (C=N–C) groups is 1. The number of aromatic nitrogens is 1. The molecular weight excluding hydrogens is 152 g/mol. The van der Waals surface area contributed by atoms with Crippen molar-refractivity contribution in [3.05, 3.63) is 23.9 Å². The van der Waals surface area contributed by atoms with Gasteiger partial charge in [0, 0.05) is 6.20 Å². The maximum Gasteiger partial charge on any atom is 0.242 e. The molecule has 1 saturated carbocycles. The lowest BCUT2D eigenvalue weighted by Gasteiger charge is -1.95. The van der Waals surface area contributed by atoms with Gasteiger partial charge in [0.2, 0.25) is 6.08 Å². The van der Waals surface area contributed by atoms with Crippen LogP contribution in [0.5, 0.6) is 0 Å². The Morgan fingerprint density at radius 3 is 3.08 bits per heavy atom. The molecule has 1 fully saturated rings. The number of nitrogens with zero attached hydrogens (tertiary/aromatic N) is 2. The van der Waals surface area contributed by atoms with Gasteiger partial charge >= 0.3 is 0 Å². The van der Waals surface area contributed by atoms with E-state index in [4.69, 9.17) is 0 Å². The summed E-state index contributed by atoms with van der Waals surface area (Å²) >= 11 is 0. The van der Waals surface area contributed by atoms with Crippen LogP contribution in [0.25, 0.3) is 0 Å². The summed E-state index contributed by atoms with van der Waals surface area (Å²) in [5, 5.41) is 0. The van der Waals surface area contributed by atoms with E-state index in [1.807, 2.05) is 12.1 Å². The van der Waals surface area contributed by atoms with Crippen molar-refractivity contribution in [3.63, 3.8) is 0 Å². The van der Waals surface area contributed by atoms with Crippen LogP contribution < -0.4 is 0 Å². The van der Waals surface area contributed by atoms with E-state index in [1.165, 1.54) is 24.5 Å². The van der Waals surface area contributed by atoms with Gasteiger partial charge in [-0.15, -0.1) is 4.99 Å². The molecule has 0 spiro atoms. The summed E-state index contributed by atoms with van der Waals surface area (Å²) in [6.07, 6.45) is 5.66. The van der Waals surface area contributed by atoms with E-state index in [1.54, 1.807) is 6.20 Å². The van der Waals surface area contributed by atoms with Gasteiger partial charge in [0.25, 0.3) is 0 Å². The van der Waals surface area contributed by atoms with Crippen molar-refractivity contribution in [1.29, 1.82) is 0 Å². The molecule has 0 saturated heterocycles. The highest BCUT2D eigenvalue weighted by atomic mass is 16.1. The highest BCUT2D eigenvalue weighted by Gasteiger charge is 2.23. The SMILES string of the molecule is O=C=Nc1cc(C2CC2)ccn1. The second-order valence-electron chi connectivity index (χ2n) is 2.92. The fraction of sp³-hybridized carbons (Fsp3) is 0.333. The molecule has 2 rings (SSSR count). The third-order valence-electron chi connectivity index (χ3n) is 1.98. The van der Waals surface area contributed by atoms with Gasteiger partial charge in [0.15, 0.2) is 5.82 Å². The van der Waals surface area contributed by atoms with E-state index in [0.29, 0.717) is 11.7 Å². The van der Waals surface area contributed by atoms with Crippen molar-refractivity contribution in [2.24, 2.45) is 4.99 Å². The van der Waals surface area contributed by atoms with Gasteiger partial charge in [-0.3, -0.25) is 0 Å². The van der Waals surface area contributed by atoms with Crippen molar-refractivity contribution in [2.75, 3.05) is 0 Å². The van der Waals surface area contributed by atoms with E-state index in [-0.39, 0.29) is 0 Å². The van der Waals surface area contributed by atoms with Crippen molar-refractivity contribution >= 4 is 11.9 Å². The van der Waals surface area contributed by atoms with Crippen molar-refractivity contribution < 1.29 is 4.79 Å². The Kier molecular flexibility index (Phi) is 1.72. The van der Waals surface area contributed by atoms with Crippen LogP contribution in [0.2, 0.25) is 0 Å². The Morgan fingerprint density at radius 2 is 2.42 bits per heavy atom. The quantitative estimate of drug-likeness (QED) is 0.490. The van der Waals surface area contributed by atoms with E-state index in [2.05, 4.69) is 9.98 Å². The highest BCUT2D eigenvalue weighted by Crippen LogP contribution is 2.40. The molecule has 1 aliphatic rings. The predicted octanol–water partition coefficient (Wildman–Crippen LogP) is 1.93. The standard InChI is InChI=1S/C9H8N2O/c12-6-11-9-5-8(3-4-10-9)7-1-2-7/h3-5,7H,1-2H2. The molecular formula is C9H8N2O. The first-order valence-corrected chi connectivity index (χ1v) is 3.94. The molecule has 1 aliphatic carbocycles. The number of pyridine rings is 1. The van der Waals surface area contributed by atoms with Crippen LogP contribution in [0.15, 0.2) is 23.3 Å². The molecule has 0 unspecified atom stereocenters. The van der Waals surface area contributed by atoms with Gasteiger partial charge in [-0.1, -0.05) is 0 Å². The van der Waals surface area contributed by atoms with E-state index in [9.17, 15) is 4.79 Å². The summed E-state index contributed by atoms with van der Waals surface area (Å²) < 4.78 is 0. The second-order valence-corrected chi connectivity index (χ2v) is 2.92. The molecule has 1 heterocycles. The van der Waals surface area contributed by atoms with Crippen molar-refractivity contribution in [2.45, 2.75) is 18.8 Å². The molecule has 0 radical (unpaired) electrons. The smallest absolute Gasteiger partial charge is 0.236 e. The van der Waals surface area contributed by atoms with E-state index < -0.39 is 0 Å². The Hall–Kier alpha value is -1.47. The number of hydrogen-bond acceptors (Lipinski definition) is 3. The van der Waals surface area contributed by atoms with Crippen molar-refractivity contribution in [3.8, 4) is 0 Å². The minimum atomic E-state index is 0.467. The molecule has 1 aromatic heterocycles. The van der Waals surface area contributed by atoms with E-state index in [0.717, 1.165) is 0 Å². The molecule has 3 nitrogen and oxygen atoms in total. The second kappa shape index (κ2) is 2.88. The summed E-state index contributed by atoms with van der Waals surface area (Å²) in [4.78, 5) is 17.3. The molecule has 0 bridgehead atoms. The zero-order chi connectivity index (χ0) is 8.39. The highest BCUT2D eigenvalue weighted by molar-refractivity contribution is 5.45. The fourth-order valence-corrected chi connectivity index (χ4v) is 1.21. The molecule has 0 aromatic carbocycles. The zero-order valence-corrected chi connectivity index (χ0v) is 6.53. The predicted molar refractivity (Wildman–Crippen MR) is 44.0 cm³/mol. The van der Waals surface area contributed by atoms with Crippen LogP contribution in [-0.4, -0.2) is 11.1 Å². The van der Waals surface area contributed by atoms with Gasteiger partial charge in [-0.25, -0.2) is 9.78 Å². The van der Waals surface area contributed by atoms with Crippen molar-refractivity contribution in [1.82, 2.24) is 4.98 Å². The fourth-order valence-electron chi connectivity index (χ4n) is 1.21. The lowest BCUT2D eigenvalue weighted by molar-refractivity contribution is 0.565. The third-order valence-corrected chi connectivity index (χ3v) is 1.98. The molecule has 1 aromatic rings. The van der Waals surface area contributed by atoms with Crippen LogP contribution in [0.3, 0.4) is 0 Å². The minimum Gasteiger partial charge on any atom is -0.236 e. The monoisotopic (exact) mass is 160 g/mol. The molecule has 0 N–H and O–H groups in total. The molecule has 0 atom stereocenters. The first-order chi connectivity index (χ1) is 5.90. The zero-order valence-electron chi connectivity index (χ0n) is 6.53.